The van der Waals surface area contributed by atoms with Gasteiger partial charge in [-0.25, -0.2) is 0 Å². The van der Waals surface area contributed by atoms with E-state index in [4.69, 9.17) is 0 Å². The van der Waals surface area contributed by atoms with Gasteiger partial charge in [0.15, 0.2) is 0 Å². The number of hydrogen-bond donors (Lipinski definition) is 1. The zero-order valence-corrected chi connectivity index (χ0v) is 12.3. The van der Waals surface area contributed by atoms with Crippen LogP contribution < -0.4 is 0 Å². The molecule has 1 unspecified atom stereocenters. The van der Waals surface area contributed by atoms with Crippen molar-refractivity contribution in [2.24, 2.45) is 0 Å². The molecule has 0 spiro atoms. The van der Waals surface area contributed by atoms with Crippen molar-refractivity contribution in [2.75, 3.05) is 13.1 Å². The number of aliphatic hydroxyl groups excluding tert-OH is 1. The molecule has 2 nitrogen and oxygen atoms in total. The van der Waals surface area contributed by atoms with Gasteiger partial charge in [0.1, 0.15) is 0 Å². The molecule has 1 fully saturated rings. The zero-order valence-electron chi connectivity index (χ0n) is 12.3. The Hall–Kier alpha value is -0.340. The average Bonchev–Trinajstić information content (AvgIpc) is 2.39. The maximum Gasteiger partial charge on any atom is 0.0718 e. The van der Waals surface area contributed by atoms with E-state index in [1.54, 1.807) is 0 Å². The number of nitrogens with zero attached hydrogens (tertiary/aromatic N) is 1. The van der Waals surface area contributed by atoms with E-state index in [1.165, 1.54) is 32.1 Å². The fourth-order valence-electron chi connectivity index (χ4n) is 2.84. The largest absolute Gasteiger partial charge is 0.391 e. The van der Waals surface area contributed by atoms with Crippen LogP contribution in [0.4, 0.5) is 0 Å². The molecule has 1 atom stereocenters. The van der Waals surface area contributed by atoms with Gasteiger partial charge >= 0.3 is 0 Å². The predicted octanol–water partition coefficient (Wildman–Crippen LogP) is 3.75. The monoisotopic (exact) mass is 253 g/mol. The van der Waals surface area contributed by atoms with Crippen LogP contribution in [0.1, 0.15) is 65.2 Å². The van der Waals surface area contributed by atoms with Crippen LogP contribution in [0.25, 0.3) is 0 Å². The molecule has 1 aliphatic rings. The highest BCUT2D eigenvalue weighted by atomic mass is 16.3. The summed E-state index contributed by atoms with van der Waals surface area (Å²) in [5.41, 5.74) is -0.0567. The highest BCUT2D eigenvalue weighted by Gasteiger charge is 2.34. The van der Waals surface area contributed by atoms with Crippen molar-refractivity contribution in [1.82, 2.24) is 4.90 Å². The molecule has 0 aromatic heterocycles. The van der Waals surface area contributed by atoms with E-state index in [1.807, 2.05) is 6.08 Å². The van der Waals surface area contributed by atoms with E-state index in [9.17, 15) is 5.11 Å². The van der Waals surface area contributed by atoms with E-state index < -0.39 is 0 Å². The third-order valence-electron chi connectivity index (χ3n) is 4.37. The molecule has 0 aromatic rings. The van der Waals surface area contributed by atoms with E-state index in [2.05, 4.69) is 25.3 Å². The minimum absolute atomic E-state index is 0.0567. The Morgan fingerprint density at radius 3 is 2.44 bits per heavy atom. The zero-order chi connectivity index (χ0) is 13.4. The standard InChI is InChI=1S/C16H31NO/c1-4-5-6-7-9-12-15(18)16(2,3)17-13-10-8-11-14-17/h4,15,18H,1,5-14H2,2-3H3. The van der Waals surface area contributed by atoms with Gasteiger partial charge in [-0.1, -0.05) is 25.3 Å². The highest BCUT2D eigenvalue weighted by molar-refractivity contribution is 4.90. The predicted molar refractivity (Wildman–Crippen MR) is 78.8 cm³/mol. The lowest BCUT2D eigenvalue weighted by molar-refractivity contribution is -0.0241. The number of hydrogen-bond acceptors (Lipinski definition) is 2. The summed E-state index contributed by atoms with van der Waals surface area (Å²) in [6.45, 7) is 10.4. The van der Waals surface area contributed by atoms with E-state index in [-0.39, 0.29) is 11.6 Å². The molecule has 0 aliphatic carbocycles. The van der Waals surface area contributed by atoms with Gasteiger partial charge in [-0.2, -0.15) is 0 Å². The molecule has 0 amide bonds. The Balaban J connectivity index is 2.28. The lowest BCUT2D eigenvalue weighted by atomic mass is 9.89. The van der Waals surface area contributed by atoms with Crippen molar-refractivity contribution in [3.8, 4) is 0 Å². The number of allylic oxidation sites excluding steroid dienone is 1. The molecule has 1 heterocycles. The average molecular weight is 253 g/mol. The smallest absolute Gasteiger partial charge is 0.0718 e. The van der Waals surface area contributed by atoms with Crippen molar-refractivity contribution in [1.29, 1.82) is 0 Å². The maximum atomic E-state index is 10.4. The van der Waals surface area contributed by atoms with Crippen molar-refractivity contribution >= 4 is 0 Å². The van der Waals surface area contributed by atoms with Crippen molar-refractivity contribution in [3.05, 3.63) is 12.7 Å². The summed E-state index contributed by atoms with van der Waals surface area (Å²) in [6.07, 6.45) is 11.3. The van der Waals surface area contributed by atoms with Crippen LogP contribution in [0.5, 0.6) is 0 Å². The molecule has 0 radical (unpaired) electrons. The third kappa shape index (κ3) is 4.74. The molecule has 1 rings (SSSR count). The van der Waals surface area contributed by atoms with Crippen LogP contribution in [0.3, 0.4) is 0 Å². The van der Waals surface area contributed by atoms with Crippen LogP contribution in [0.15, 0.2) is 12.7 Å². The number of unbranched alkanes of at least 4 members (excludes halogenated alkanes) is 3. The lowest BCUT2D eigenvalue weighted by Crippen LogP contribution is -2.54. The SMILES string of the molecule is C=CCCCCCC(O)C(C)(C)N1CCCCC1. The van der Waals surface area contributed by atoms with Gasteiger partial charge in [0.05, 0.1) is 6.10 Å². The molecule has 0 aromatic carbocycles. The summed E-state index contributed by atoms with van der Waals surface area (Å²) >= 11 is 0. The number of rotatable bonds is 8. The topological polar surface area (TPSA) is 23.5 Å². The van der Waals surface area contributed by atoms with Gasteiger partial charge in [0.25, 0.3) is 0 Å². The fourth-order valence-corrected chi connectivity index (χ4v) is 2.84. The van der Waals surface area contributed by atoms with E-state index in [0.29, 0.717) is 0 Å². The third-order valence-corrected chi connectivity index (χ3v) is 4.37. The summed E-state index contributed by atoms with van der Waals surface area (Å²) in [4.78, 5) is 2.48. The number of piperidine rings is 1. The van der Waals surface area contributed by atoms with Crippen molar-refractivity contribution in [3.63, 3.8) is 0 Å². The Bertz CT molecular complexity index is 231. The molecule has 0 bridgehead atoms. The molecular weight excluding hydrogens is 222 g/mol. The first-order valence-electron chi connectivity index (χ1n) is 7.63. The van der Waals surface area contributed by atoms with Crippen LogP contribution in [0.2, 0.25) is 0 Å². The van der Waals surface area contributed by atoms with Crippen molar-refractivity contribution < 1.29 is 5.11 Å². The highest BCUT2D eigenvalue weighted by Crippen LogP contribution is 2.26. The molecule has 18 heavy (non-hydrogen) atoms. The van der Waals surface area contributed by atoms with Gasteiger partial charge in [-0.3, -0.25) is 4.90 Å². The lowest BCUT2D eigenvalue weighted by Gasteiger charge is -2.44. The van der Waals surface area contributed by atoms with Crippen LogP contribution >= 0.6 is 0 Å². The molecule has 1 aliphatic heterocycles. The van der Waals surface area contributed by atoms with Gasteiger partial charge in [-0.15, -0.1) is 6.58 Å². The number of likely N-dealkylation sites (tertiary alicyclic amines) is 1. The number of aliphatic hydroxyl groups is 1. The molecular formula is C16H31NO. The second-order valence-corrected chi connectivity index (χ2v) is 6.14. The Morgan fingerprint density at radius 1 is 1.17 bits per heavy atom. The summed E-state index contributed by atoms with van der Waals surface area (Å²) in [6, 6.07) is 0. The minimum atomic E-state index is -0.195. The summed E-state index contributed by atoms with van der Waals surface area (Å²) in [5.74, 6) is 0. The summed E-state index contributed by atoms with van der Waals surface area (Å²) < 4.78 is 0. The van der Waals surface area contributed by atoms with Crippen LogP contribution in [-0.4, -0.2) is 34.7 Å². The molecule has 2 heteroatoms. The molecule has 1 N–H and O–H groups in total. The van der Waals surface area contributed by atoms with Gasteiger partial charge in [0, 0.05) is 5.54 Å². The minimum Gasteiger partial charge on any atom is -0.391 e. The van der Waals surface area contributed by atoms with E-state index >= 15 is 0 Å². The molecule has 0 saturated carbocycles. The Labute approximate surface area is 113 Å². The first-order valence-corrected chi connectivity index (χ1v) is 7.63. The summed E-state index contributed by atoms with van der Waals surface area (Å²) in [7, 11) is 0. The Kier molecular flexibility index (Phi) is 6.95. The van der Waals surface area contributed by atoms with Gasteiger partial charge < -0.3 is 5.11 Å². The Morgan fingerprint density at radius 2 is 1.83 bits per heavy atom. The maximum absolute atomic E-state index is 10.4. The fraction of sp³-hybridized carbons (Fsp3) is 0.875. The second-order valence-electron chi connectivity index (χ2n) is 6.14. The summed E-state index contributed by atoms with van der Waals surface area (Å²) in [5, 5.41) is 10.4. The van der Waals surface area contributed by atoms with Gasteiger partial charge in [-0.05, 0) is 59.0 Å². The normalized spacial score (nSPS) is 19.7. The molecule has 1 saturated heterocycles. The van der Waals surface area contributed by atoms with Crippen LogP contribution in [-0.2, 0) is 0 Å². The van der Waals surface area contributed by atoms with E-state index in [0.717, 1.165) is 32.4 Å². The first kappa shape index (κ1) is 15.7. The molecule has 106 valence electrons. The quantitative estimate of drug-likeness (QED) is 0.526. The van der Waals surface area contributed by atoms with Crippen LogP contribution in [0, 0.1) is 0 Å². The van der Waals surface area contributed by atoms with Gasteiger partial charge in [0.2, 0.25) is 0 Å². The van der Waals surface area contributed by atoms with Crippen molar-refractivity contribution in [2.45, 2.75) is 76.9 Å². The first-order chi connectivity index (χ1) is 8.59. The second kappa shape index (κ2) is 7.96.